The average Bonchev–Trinajstić information content (AvgIpc) is 3.02. The number of methoxy groups -OCH3 is 2. The van der Waals surface area contributed by atoms with Gasteiger partial charge < -0.3 is 30.3 Å². The lowest BCUT2D eigenvalue weighted by Crippen LogP contribution is -2.41. The van der Waals surface area contributed by atoms with Crippen LogP contribution in [0, 0.1) is 0 Å². The minimum Gasteiger partial charge on any atom is -0.497 e. The Kier molecular flexibility index (Phi) is 11.9. The number of anilines is 1. The highest BCUT2D eigenvalue weighted by molar-refractivity contribution is 5.94. The molecule has 1 amide bonds. The second-order valence-electron chi connectivity index (χ2n) is 11.6. The van der Waals surface area contributed by atoms with Gasteiger partial charge in [-0.3, -0.25) is 4.79 Å². The van der Waals surface area contributed by atoms with Gasteiger partial charge in [-0.05, 0) is 80.0 Å². The lowest BCUT2D eigenvalue weighted by molar-refractivity contribution is -0.118. The quantitative estimate of drug-likeness (QED) is 0.192. The van der Waals surface area contributed by atoms with Crippen LogP contribution in [-0.4, -0.2) is 69.1 Å². The predicted octanol–water partition coefficient (Wildman–Crippen LogP) is 5.88. The zero-order valence-electron chi connectivity index (χ0n) is 26.1. The molecule has 1 aliphatic carbocycles. The standard InChI is InChI=1S/C35H47N5O3/c1-39(2)21-22-40(25-26-9-8-12-32(23-26)43-4)35(37-29-10-6-5-7-11-29)38-30-17-13-27(14-18-30)33(24-34(36)41)28-15-19-31(42-3)20-16-28/h8-9,12-20,23,29,33H,5-7,10-11,21-22,24-25H2,1-4H3,(H2,36,41)(H,37,38). The predicted molar refractivity (Wildman–Crippen MR) is 175 cm³/mol. The van der Waals surface area contributed by atoms with Gasteiger partial charge >= 0.3 is 0 Å². The number of nitrogens with two attached hydrogens (primary N) is 1. The molecule has 1 unspecified atom stereocenters. The fraction of sp³-hybridized carbons (Fsp3) is 0.429. The zero-order valence-corrected chi connectivity index (χ0v) is 26.1. The number of nitrogens with zero attached hydrogens (tertiary/aromatic N) is 3. The summed E-state index contributed by atoms with van der Waals surface area (Å²) >= 11 is 0. The Morgan fingerprint density at radius 1 is 0.907 bits per heavy atom. The van der Waals surface area contributed by atoms with E-state index in [0.29, 0.717) is 12.6 Å². The molecule has 0 aliphatic heterocycles. The lowest BCUT2D eigenvalue weighted by Gasteiger charge is -2.30. The first kappa shape index (κ1) is 31.9. The monoisotopic (exact) mass is 585 g/mol. The molecule has 8 nitrogen and oxygen atoms in total. The minimum atomic E-state index is -0.334. The number of carbonyl (C=O) groups is 1. The SMILES string of the molecule is COc1ccc(C(CC(N)=O)c2ccc(NC(=NC3CCCCC3)N(CCN(C)C)Cc3cccc(OC)c3)cc2)cc1. The molecule has 1 saturated carbocycles. The van der Waals surface area contributed by atoms with E-state index in [1.165, 1.54) is 24.8 Å². The van der Waals surface area contributed by atoms with Crippen molar-refractivity contribution in [3.63, 3.8) is 0 Å². The van der Waals surface area contributed by atoms with Crippen molar-refractivity contribution in [2.75, 3.05) is 46.7 Å². The molecule has 0 radical (unpaired) electrons. The number of guanidine groups is 1. The molecule has 8 heteroatoms. The van der Waals surface area contributed by atoms with E-state index in [2.05, 4.69) is 65.6 Å². The molecule has 0 saturated heterocycles. The summed E-state index contributed by atoms with van der Waals surface area (Å²) in [6.07, 6.45) is 6.17. The van der Waals surface area contributed by atoms with Gasteiger partial charge in [0.2, 0.25) is 5.91 Å². The molecule has 0 aromatic heterocycles. The molecule has 43 heavy (non-hydrogen) atoms. The Balaban J connectivity index is 1.62. The number of likely N-dealkylation sites (N-methyl/N-ethyl adjacent to an activating group) is 1. The van der Waals surface area contributed by atoms with Crippen LogP contribution in [0.1, 0.15) is 61.1 Å². The van der Waals surface area contributed by atoms with Crippen LogP contribution in [0.2, 0.25) is 0 Å². The van der Waals surface area contributed by atoms with Crippen molar-refractivity contribution in [2.45, 2.75) is 57.0 Å². The van der Waals surface area contributed by atoms with Crippen LogP contribution in [0.5, 0.6) is 11.5 Å². The number of carbonyl (C=O) groups excluding carboxylic acids is 1. The molecule has 1 fully saturated rings. The van der Waals surface area contributed by atoms with E-state index >= 15 is 0 Å². The van der Waals surface area contributed by atoms with Crippen LogP contribution in [0.25, 0.3) is 0 Å². The van der Waals surface area contributed by atoms with Crippen molar-refractivity contribution in [3.05, 3.63) is 89.5 Å². The third-order valence-electron chi connectivity index (χ3n) is 8.00. The van der Waals surface area contributed by atoms with Crippen LogP contribution in [0.15, 0.2) is 77.8 Å². The minimum absolute atomic E-state index is 0.141. The number of ether oxygens (including phenoxy) is 2. The van der Waals surface area contributed by atoms with E-state index in [1.807, 2.05) is 36.4 Å². The summed E-state index contributed by atoms with van der Waals surface area (Å²) in [5, 5.41) is 3.68. The van der Waals surface area contributed by atoms with E-state index in [1.54, 1.807) is 14.2 Å². The van der Waals surface area contributed by atoms with Crippen molar-refractivity contribution >= 4 is 17.6 Å². The molecule has 1 atom stereocenters. The van der Waals surface area contributed by atoms with Crippen molar-refractivity contribution in [3.8, 4) is 11.5 Å². The summed E-state index contributed by atoms with van der Waals surface area (Å²) in [7, 11) is 7.54. The van der Waals surface area contributed by atoms with Gasteiger partial charge in [-0.1, -0.05) is 55.7 Å². The molecule has 0 heterocycles. The zero-order chi connectivity index (χ0) is 30.6. The highest BCUT2D eigenvalue weighted by Crippen LogP contribution is 2.30. The van der Waals surface area contributed by atoms with Crippen LogP contribution in [0.4, 0.5) is 5.69 Å². The Hall–Kier alpha value is -4.04. The van der Waals surface area contributed by atoms with Crippen LogP contribution in [0.3, 0.4) is 0 Å². The maximum absolute atomic E-state index is 12.0. The first-order valence-electron chi connectivity index (χ1n) is 15.2. The van der Waals surface area contributed by atoms with Gasteiger partial charge in [-0.2, -0.15) is 0 Å². The van der Waals surface area contributed by atoms with E-state index in [4.69, 9.17) is 20.2 Å². The van der Waals surface area contributed by atoms with Gasteiger partial charge in [0.05, 0.1) is 20.3 Å². The third-order valence-corrected chi connectivity index (χ3v) is 8.00. The van der Waals surface area contributed by atoms with Crippen molar-refractivity contribution in [1.82, 2.24) is 9.80 Å². The molecular weight excluding hydrogens is 538 g/mol. The summed E-state index contributed by atoms with van der Waals surface area (Å²) in [5.74, 6) is 2.03. The van der Waals surface area contributed by atoms with E-state index in [0.717, 1.165) is 60.2 Å². The maximum Gasteiger partial charge on any atom is 0.218 e. The van der Waals surface area contributed by atoms with E-state index < -0.39 is 0 Å². The molecule has 0 bridgehead atoms. The van der Waals surface area contributed by atoms with Crippen LogP contribution in [-0.2, 0) is 11.3 Å². The molecule has 4 rings (SSSR count). The average molecular weight is 586 g/mol. The van der Waals surface area contributed by atoms with Crippen LogP contribution < -0.4 is 20.5 Å². The summed E-state index contributed by atoms with van der Waals surface area (Å²) in [5.41, 5.74) is 9.83. The summed E-state index contributed by atoms with van der Waals surface area (Å²) < 4.78 is 10.8. The number of benzene rings is 3. The van der Waals surface area contributed by atoms with E-state index in [-0.39, 0.29) is 18.2 Å². The lowest BCUT2D eigenvalue weighted by atomic mass is 9.88. The first-order valence-corrected chi connectivity index (χ1v) is 15.2. The smallest absolute Gasteiger partial charge is 0.218 e. The Labute approximate surface area is 256 Å². The molecule has 1 aliphatic rings. The second-order valence-corrected chi connectivity index (χ2v) is 11.6. The van der Waals surface area contributed by atoms with Gasteiger partial charge in [0.1, 0.15) is 11.5 Å². The fourth-order valence-electron chi connectivity index (χ4n) is 5.54. The van der Waals surface area contributed by atoms with Gasteiger partial charge in [0.15, 0.2) is 5.96 Å². The van der Waals surface area contributed by atoms with Gasteiger partial charge in [-0.25, -0.2) is 4.99 Å². The number of nitrogens with one attached hydrogen (secondary N) is 1. The number of hydrogen-bond donors (Lipinski definition) is 2. The summed E-state index contributed by atoms with van der Waals surface area (Å²) in [4.78, 5) is 21.9. The number of aliphatic imine (C=N–C) groups is 1. The largest absolute Gasteiger partial charge is 0.497 e. The topological polar surface area (TPSA) is 92.4 Å². The third kappa shape index (κ3) is 9.75. The van der Waals surface area contributed by atoms with Gasteiger partial charge in [0, 0.05) is 37.7 Å². The fourth-order valence-corrected chi connectivity index (χ4v) is 5.54. The van der Waals surface area contributed by atoms with Crippen molar-refractivity contribution in [1.29, 1.82) is 0 Å². The van der Waals surface area contributed by atoms with E-state index in [9.17, 15) is 4.79 Å². The molecule has 3 aromatic rings. The summed E-state index contributed by atoms with van der Waals surface area (Å²) in [6, 6.07) is 24.6. The normalized spacial score (nSPS) is 14.8. The first-order chi connectivity index (χ1) is 20.8. The van der Waals surface area contributed by atoms with Crippen molar-refractivity contribution < 1.29 is 14.3 Å². The Bertz CT molecular complexity index is 1320. The number of primary amides is 1. The highest BCUT2D eigenvalue weighted by atomic mass is 16.5. The van der Waals surface area contributed by atoms with Gasteiger partial charge in [0.25, 0.3) is 0 Å². The number of hydrogen-bond acceptors (Lipinski definition) is 5. The molecular formula is C35H47N5O3. The second kappa shape index (κ2) is 16.0. The summed E-state index contributed by atoms with van der Waals surface area (Å²) in [6.45, 7) is 2.42. The molecule has 3 N–H and O–H groups in total. The molecule has 3 aromatic carbocycles. The molecule has 230 valence electrons. The number of amides is 1. The maximum atomic E-state index is 12.0. The van der Waals surface area contributed by atoms with Crippen molar-refractivity contribution in [2.24, 2.45) is 10.7 Å². The van der Waals surface area contributed by atoms with Gasteiger partial charge in [-0.15, -0.1) is 0 Å². The Morgan fingerprint density at radius 3 is 2.16 bits per heavy atom. The highest BCUT2D eigenvalue weighted by Gasteiger charge is 2.20. The van der Waals surface area contributed by atoms with Crippen LogP contribution >= 0.6 is 0 Å². The number of rotatable bonds is 13. The Morgan fingerprint density at radius 2 is 1.56 bits per heavy atom. The molecule has 0 spiro atoms.